The Balaban J connectivity index is 1.27. The maximum atomic E-state index is 13.0. The third kappa shape index (κ3) is 4.26. The fraction of sp³-hybridized carbons (Fsp3) is 0.435. The predicted octanol–water partition coefficient (Wildman–Crippen LogP) is 3.10. The van der Waals surface area contributed by atoms with E-state index in [1.165, 1.54) is 23.3 Å². The normalized spacial score (nSPS) is 17.9. The molecule has 4 nitrogen and oxygen atoms in total. The number of anilines is 1. The van der Waals surface area contributed by atoms with Gasteiger partial charge >= 0.3 is 0 Å². The van der Waals surface area contributed by atoms with Crippen LogP contribution in [-0.2, 0) is 24.2 Å². The molecular weight excluding hydrogens is 353 g/mol. The Morgan fingerprint density at radius 2 is 1.57 bits per heavy atom. The molecule has 0 atom stereocenters. The molecule has 0 unspecified atom stereocenters. The molecule has 1 amide bonds. The number of carbonyl (C=O) groups is 1. The summed E-state index contributed by atoms with van der Waals surface area (Å²) in [6.45, 7) is 8.69. The number of carbonyl (C=O) groups excluding carboxylic acids is 1. The predicted molar refractivity (Wildman–Crippen MR) is 110 cm³/mol. The summed E-state index contributed by atoms with van der Waals surface area (Å²) < 4.78 is 13.0. The first-order chi connectivity index (χ1) is 13.6. The van der Waals surface area contributed by atoms with Crippen LogP contribution in [0.5, 0.6) is 0 Å². The zero-order chi connectivity index (χ0) is 19.5. The minimum atomic E-state index is -0.183. The number of hydrogen-bond donors (Lipinski definition) is 0. The van der Waals surface area contributed by atoms with Gasteiger partial charge in [-0.15, -0.1) is 0 Å². The fourth-order valence-corrected chi connectivity index (χ4v) is 4.16. The molecular formula is C23H28FN3O. The number of halogens is 1. The van der Waals surface area contributed by atoms with E-state index < -0.39 is 0 Å². The summed E-state index contributed by atoms with van der Waals surface area (Å²) in [7, 11) is 0. The van der Waals surface area contributed by atoms with E-state index in [9.17, 15) is 9.18 Å². The minimum absolute atomic E-state index is 0.183. The van der Waals surface area contributed by atoms with Crippen molar-refractivity contribution >= 4 is 11.6 Å². The van der Waals surface area contributed by atoms with Gasteiger partial charge in [0.05, 0.1) is 6.42 Å². The molecule has 2 heterocycles. The van der Waals surface area contributed by atoms with E-state index in [1.807, 2.05) is 17.0 Å². The van der Waals surface area contributed by atoms with Crippen LogP contribution >= 0.6 is 0 Å². The number of piperazine rings is 1. The Labute approximate surface area is 166 Å². The molecule has 0 aliphatic carbocycles. The molecule has 2 aromatic carbocycles. The Morgan fingerprint density at radius 1 is 0.893 bits per heavy atom. The van der Waals surface area contributed by atoms with Crippen LogP contribution in [0.3, 0.4) is 0 Å². The Bertz CT molecular complexity index is 828. The molecule has 0 radical (unpaired) electrons. The standard InChI is InChI=1S/C23H28FN3O/c1-2-18-5-8-22-20(15-18)16-23(28)27(22)14-13-25-9-11-26(12-10-25)17-19-3-6-21(24)7-4-19/h3-8,15H,2,9-14,16-17H2,1H3. The van der Waals surface area contributed by atoms with Gasteiger partial charge in [-0.2, -0.15) is 0 Å². The fourth-order valence-electron chi connectivity index (χ4n) is 4.16. The van der Waals surface area contributed by atoms with E-state index in [0.29, 0.717) is 6.42 Å². The molecule has 0 N–H and O–H groups in total. The Morgan fingerprint density at radius 3 is 2.29 bits per heavy atom. The van der Waals surface area contributed by atoms with Gasteiger partial charge in [-0.1, -0.05) is 31.2 Å². The van der Waals surface area contributed by atoms with E-state index in [0.717, 1.165) is 63.5 Å². The second-order valence-corrected chi connectivity index (χ2v) is 7.78. The average molecular weight is 381 g/mol. The van der Waals surface area contributed by atoms with Crippen molar-refractivity contribution in [1.82, 2.24) is 9.80 Å². The molecule has 2 aromatic rings. The van der Waals surface area contributed by atoms with Crippen molar-refractivity contribution in [3.8, 4) is 0 Å². The van der Waals surface area contributed by atoms with Crippen LogP contribution in [0.25, 0.3) is 0 Å². The zero-order valence-corrected chi connectivity index (χ0v) is 16.5. The molecule has 1 saturated heterocycles. The first-order valence-corrected chi connectivity index (χ1v) is 10.2. The summed E-state index contributed by atoms with van der Waals surface area (Å²) in [4.78, 5) is 19.3. The molecule has 5 heteroatoms. The number of hydrogen-bond acceptors (Lipinski definition) is 3. The number of rotatable bonds is 6. The molecule has 1 fully saturated rings. The van der Waals surface area contributed by atoms with Crippen LogP contribution in [0.1, 0.15) is 23.6 Å². The van der Waals surface area contributed by atoms with Gasteiger partial charge in [-0.25, -0.2) is 4.39 Å². The lowest BCUT2D eigenvalue weighted by molar-refractivity contribution is -0.117. The number of aryl methyl sites for hydroxylation is 1. The number of fused-ring (bicyclic) bond motifs is 1. The third-order valence-corrected chi connectivity index (χ3v) is 5.91. The summed E-state index contributed by atoms with van der Waals surface area (Å²) in [5.74, 6) is 0.0377. The number of amides is 1. The number of benzene rings is 2. The molecule has 2 aliphatic heterocycles. The van der Waals surface area contributed by atoms with E-state index >= 15 is 0 Å². The quantitative estimate of drug-likeness (QED) is 0.769. The second kappa shape index (κ2) is 8.41. The van der Waals surface area contributed by atoms with Crippen molar-refractivity contribution in [2.24, 2.45) is 0 Å². The molecule has 0 bridgehead atoms. The highest BCUT2D eigenvalue weighted by molar-refractivity contribution is 6.01. The maximum Gasteiger partial charge on any atom is 0.231 e. The second-order valence-electron chi connectivity index (χ2n) is 7.78. The van der Waals surface area contributed by atoms with Gasteiger partial charge < -0.3 is 4.90 Å². The van der Waals surface area contributed by atoms with Crippen LogP contribution < -0.4 is 4.90 Å². The van der Waals surface area contributed by atoms with Gasteiger partial charge in [0, 0.05) is 51.5 Å². The first kappa shape index (κ1) is 19.1. The van der Waals surface area contributed by atoms with Crippen molar-refractivity contribution in [2.45, 2.75) is 26.3 Å². The van der Waals surface area contributed by atoms with Crippen LogP contribution in [0.4, 0.5) is 10.1 Å². The van der Waals surface area contributed by atoms with E-state index in [4.69, 9.17) is 0 Å². The molecule has 148 valence electrons. The molecule has 4 rings (SSSR count). The lowest BCUT2D eigenvalue weighted by Crippen LogP contribution is -2.48. The van der Waals surface area contributed by atoms with Crippen LogP contribution in [0.15, 0.2) is 42.5 Å². The van der Waals surface area contributed by atoms with Gasteiger partial charge in [-0.05, 0) is 41.3 Å². The van der Waals surface area contributed by atoms with Crippen molar-refractivity contribution in [2.75, 3.05) is 44.2 Å². The van der Waals surface area contributed by atoms with Crippen molar-refractivity contribution in [1.29, 1.82) is 0 Å². The Kier molecular flexibility index (Phi) is 5.74. The minimum Gasteiger partial charge on any atom is -0.311 e. The topological polar surface area (TPSA) is 26.8 Å². The molecule has 0 saturated carbocycles. The first-order valence-electron chi connectivity index (χ1n) is 10.2. The monoisotopic (exact) mass is 381 g/mol. The maximum absolute atomic E-state index is 13.0. The summed E-state index contributed by atoms with van der Waals surface area (Å²) >= 11 is 0. The lowest BCUT2D eigenvalue weighted by atomic mass is 10.1. The van der Waals surface area contributed by atoms with Crippen molar-refractivity contribution in [3.63, 3.8) is 0 Å². The molecule has 2 aliphatic rings. The van der Waals surface area contributed by atoms with Crippen LogP contribution in [0, 0.1) is 5.82 Å². The van der Waals surface area contributed by atoms with Crippen molar-refractivity contribution in [3.05, 3.63) is 65.0 Å². The summed E-state index contributed by atoms with van der Waals surface area (Å²) in [5.41, 5.74) is 4.72. The van der Waals surface area contributed by atoms with Gasteiger partial charge in [0.2, 0.25) is 5.91 Å². The Hall–Kier alpha value is -2.24. The largest absolute Gasteiger partial charge is 0.311 e. The summed E-state index contributed by atoms with van der Waals surface area (Å²) in [6.07, 6.45) is 1.54. The van der Waals surface area contributed by atoms with Crippen molar-refractivity contribution < 1.29 is 9.18 Å². The highest BCUT2D eigenvalue weighted by atomic mass is 19.1. The average Bonchev–Trinajstić information content (AvgIpc) is 3.03. The van der Waals surface area contributed by atoms with Gasteiger partial charge in [-0.3, -0.25) is 14.6 Å². The third-order valence-electron chi connectivity index (χ3n) is 5.91. The SMILES string of the molecule is CCc1ccc2c(c1)CC(=O)N2CCN1CCN(Cc2ccc(F)cc2)CC1. The summed E-state index contributed by atoms with van der Waals surface area (Å²) in [5, 5.41) is 0. The number of nitrogens with zero attached hydrogens (tertiary/aromatic N) is 3. The molecule has 0 aromatic heterocycles. The lowest BCUT2D eigenvalue weighted by Gasteiger charge is -2.35. The zero-order valence-electron chi connectivity index (χ0n) is 16.5. The van der Waals surface area contributed by atoms with Gasteiger partial charge in [0.25, 0.3) is 0 Å². The van der Waals surface area contributed by atoms with Gasteiger partial charge in [0.15, 0.2) is 0 Å². The smallest absolute Gasteiger partial charge is 0.231 e. The van der Waals surface area contributed by atoms with Gasteiger partial charge in [0.1, 0.15) is 5.82 Å². The van der Waals surface area contributed by atoms with Crippen LogP contribution in [0.2, 0.25) is 0 Å². The molecule has 28 heavy (non-hydrogen) atoms. The van der Waals surface area contributed by atoms with E-state index in [2.05, 4.69) is 34.9 Å². The highest BCUT2D eigenvalue weighted by Crippen LogP contribution is 2.29. The highest BCUT2D eigenvalue weighted by Gasteiger charge is 2.28. The van der Waals surface area contributed by atoms with E-state index in [1.54, 1.807) is 0 Å². The summed E-state index contributed by atoms with van der Waals surface area (Å²) in [6, 6.07) is 13.2. The van der Waals surface area contributed by atoms with Crippen LogP contribution in [-0.4, -0.2) is 55.0 Å². The van der Waals surface area contributed by atoms with E-state index in [-0.39, 0.29) is 11.7 Å². The molecule has 0 spiro atoms.